The number of hydrogen-bond donors (Lipinski definition) is 1. The molecule has 0 saturated heterocycles. The zero-order valence-corrected chi connectivity index (χ0v) is 11.5. The average molecular weight is 278 g/mol. The van der Waals surface area contributed by atoms with Crippen molar-refractivity contribution in [1.29, 1.82) is 0 Å². The Morgan fingerprint density at radius 3 is 2.68 bits per heavy atom. The van der Waals surface area contributed by atoms with E-state index in [0.29, 0.717) is 13.1 Å². The Hall–Kier alpha value is -1.65. The van der Waals surface area contributed by atoms with Gasteiger partial charge in [-0.2, -0.15) is 0 Å². The minimum absolute atomic E-state index is 0.0634. The fourth-order valence-electron chi connectivity index (χ4n) is 1.92. The van der Waals surface area contributed by atoms with Gasteiger partial charge in [-0.15, -0.1) is 0 Å². The second-order valence-electron chi connectivity index (χ2n) is 4.28. The van der Waals surface area contributed by atoms with Crippen LogP contribution in [0.3, 0.4) is 0 Å². The quantitative estimate of drug-likeness (QED) is 0.853. The van der Waals surface area contributed by atoms with E-state index in [9.17, 15) is 5.11 Å². The van der Waals surface area contributed by atoms with Crippen molar-refractivity contribution >= 4 is 17.4 Å². The number of anilines is 1. The van der Waals surface area contributed by atoms with Crippen LogP contribution in [0, 0.1) is 6.92 Å². The minimum Gasteiger partial charge on any atom is -0.395 e. The third-order valence-corrected chi connectivity index (χ3v) is 2.98. The Morgan fingerprint density at radius 1 is 1.26 bits per heavy atom. The Labute approximate surface area is 117 Å². The summed E-state index contributed by atoms with van der Waals surface area (Å²) in [5.41, 5.74) is 2.10. The lowest BCUT2D eigenvalue weighted by molar-refractivity contribution is 0.301. The first-order valence-electron chi connectivity index (χ1n) is 6.09. The molecule has 2 rings (SSSR count). The van der Waals surface area contributed by atoms with E-state index in [4.69, 9.17) is 11.6 Å². The first-order chi connectivity index (χ1) is 9.20. The summed E-state index contributed by atoms with van der Waals surface area (Å²) >= 11 is 5.85. The van der Waals surface area contributed by atoms with Gasteiger partial charge in [0.05, 0.1) is 6.61 Å². The molecule has 0 atom stereocenters. The molecule has 1 aromatic carbocycles. The van der Waals surface area contributed by atoms with Gasteiger partial charge in [0.2, 0.25) is 5.28 Å². The van der Waals surface area contributed by atoms with Crippen molar-refractivity contribution in [2.75, 3.05) is 18.1 Å². The number of benzene rings is 1. The fraction of sp³-hybridized carbons (Fsp3) is 0.286. The number of aliphatic hydroxyl groups excluding tert-OH is 1. The molecule has 0 aliphatic rings. The Kier molecular flexibility index (Phi) is 4.71. The van der Waals surface area contributed by atoms with Crippen LogP contribution in [0.1, 0.15) is 11.1 Å². The van der Waals surface area contributed by atoms with Crippen molar-refractivity contribution in [2.45, 2.75) is 13.5 Å². The van der Waals surface area contributed by atoms with Gasteiger partial charge in [-0.25, -0.2) is 9.97 Å². The molecule has 0 unspecified atom stereocenters. The summed E-state index contributed by atoms with van der Waals surface area (Å²) in [5, 5.41) is 9.44. The molecule has 1 N–H and O–H groups in total. The van der Waals surface area contributed by atoms with Crippen molar-refractivity contribution < 1.29 is 5.11 Å². The van der Waals surface area contributed by atoms with Gasteiger partial charge in [0.15, 0.2) is 0 Å². The Bertz CT molecular complexity index is 533. The van der Waals surface area contributed by atoms with Crippen molar-refractivity contribution in [3.63, 3.8) is 0 Å². The maximum Gasteiger partial charge on any atom is 0.224 e. The molecule has 0 amide bonds. The van der Waals surface area contributed by atoms with E-state index in [-0.39, 0.29) is 11.9 Å². The highest BCUT2D eigenvalue weighted by Crippen LogP contribution is 2.20. The summed E-state index contributed by atoms with van der Waals surface area (Å²) in [5.74, 6) is 0.762. The molecule has 0 bridgehead atoms. The zero-order chi connectivity index (χ0) is 13.7. The summed E-state index contributed by atoms with van der Waals surface area (Å²) < 4.78 is 0. The van der Waals surface area contributed by atoms with Crippen LogP contribution in [0.2, 0.25) is 5.28 Å². The van der Waals surface area contributed by atoms with Crippen LogP contribution in [0.25, 0.3) is 0 Å². The molecule has 0 aliphatic carbocycles. The van der Waals surface area contributed by atoms with E-state index in [2.05, 4.69) is 9.97 Å². The van der Waals surface area contributed by atoms with Gasteiger partial charge in [0.1, 0.15) is 5.82 Å². The largest absolute Gasteiger partial charge is 0.395 e. The highest BCUT2D eigenvalue weighted by molar-refractivity contribution is 6.28. The highest BCUT2D eigenvalue weighted by Gasteiger charge is 2.12. The third kappa shape index (κ3) is 3.66. The van der Waals surface area contributed by atoms with Crippen LogP contribution in [0.4, 0.5) is 5.82 Å². The summed E-state index contributed by atoms with van der Waals surface area (Å²) in [6.07, 6.45) is 1.69. The first-order valence-corrected chi connectivity index (χ1v) is 6.47. The molecule has 0 fully saturated rings. The number of aryl methyl sites for hydroxylation is 1. The predicted molar refractivity (Wildman–Crippen MR) is 76.4 cm³/mol. The van der Waals surface area contributed by atoms with Crippen LogP contribution in [-0.2, 0) is 6.54 Å². The maximum absolute atomic E-state index is 9.22. The predicted octanol–water partition coefficient (Wildman–Crippen LogP) is 2.44. The highest BCUT2D eigenvalue weighted by atomic mass is 35.5. The molecule has 1 aromatic heterocycles. The molecule has 1 heterocycles. The number of aromatic nitrogens is 2. The molecular formula is C14H16ClN3O. The van der Waals surface area contributed by atoms with E-state index in [1.165, 1.54) is 0 Å². The topological polar surface area (TPSA) is 49.2 Å². The first kappa shape index (κ1) is 13.8. The Balaban J connectivity index is 2.27. The van der Waals surface area contributed by atoms with Gasteiger partial charge >= 0.3 is 0 Å². The molecule has 0 radical (unpaired) electrons. The lowest BCUT2D eigenvalue weighted by Gasteiger charge is -2.24. The summed E-state index contributed by atoms with van der Waals surface area (Å²) in [6.45, 7) is 3.17. The van der Waals surface area contributed by atoms with E-state index in [1.54, 1.807) is 6.20 Å². The van der Waals surface area contributed by atoms with Crippen LogP contribution in [0.15, 0.2) is 36.5 Å². The second kappa shape index (κ2) is 6.50. The third-order valence-electron chi connectivity index (χ3n) is 2.80. The minimum atomic E-state index is 0.0634. The number of halogens is 1. The summed E-state index contributed by atoms with van der Waals surface area (Å²) in [4.78, 5) is 10.2. The molecule has 19 heavy (non-hydrogen) atoms. The summed E-state index contributed by atoms with van der Waals surface area (Å²) in [6, 6.07) is 10.1. The van der Waals surface area contributed by atoms with Crippen molar-refractivity contribution in [3.8, 4) is 0 Å². The van der Waals surface area contributed by atoms with E-state index in [0.717, 1.165) is 16.9 Å². The van der Waals surface area contributed by atoms with Gasteiger partial charge < -0.3 is 10.0 Å². The number of rotatable bonds is 5. The number of aliphatic hydroxyl groups is 1. The number of hydrogen-bond acceptors (Lipinski definition) is 4. The molecule has 2 aromatic rings. The maximum atomic E-state index is 9.22. The second-order valence-corrected chi connectivity index (χ2v) is 4.61. The smallest absolute Gasteiger partial charge is 0.224 e. The molecular weight excluding hydrogens is 262 g/mol. The normalized spacial score (nSPS) is 10.5. The monoisotopic (exact) mass is 277 g/mol. The van der Waals surface area contributed by atoms with E-state index < -0.39 is 0 Å². The average Bonchev–Trinajstić information content (AvgIpc) is 2.42. The van der Waals surface area contributed by atoms with Crippen molar-refractivity contribution in [2.24, 2.45) is 0 Å². The SMILES string of the molecule is Cc1cnc(Cl)nc1N(CCO)Cc1ccccc1. The van der Waals surface area contributed by atoms with E-state index in [1.807, 2.05) is 42.2 Å². The number of nitrogens with zero attached hydrogens (tertiary/aromatic N) is 3. The molecule has 0 spiro atoms. The molecule has 4 nitrogen and oxygen atoms in total. The molecule has 0 aliphatic heterocycles. The van der Waals surface area contributed by atoms with Gasteiger partial charge in [0.25, 0.3) is 0 Å². The van der Waals surface area contributed by atoms with Crippen LogP contribution >= 0.6 is 11.6 Å². The van der Waals surface area contributed by atoms with Gasteiger partial charge in [-0.05, 0) is 24.1 Å². The van der Waals surface area contributed by atoms with Crippen LogP contribution < -0.4 is 4.90 Å². The van der Waals surface area contributed by atoms with Crippen LogP contribution in [-0.4, -0.2) is 28.2 Å². The standard InChI is InChI=1S/C14H16ClN3O/c1-11-9-16-14(15)17-13(11)18(7-8-19)10-12-5-3-2-4-6-12/h2-6,9,19H,7-8,10H2,1H3. The molecule has 100 valence electrons. The van der Waals surface area contributed by atoms with Gasteiger partial charge in [0, 0.05) is 24.8 Å². The lowest BCUT2D eigenvalue weighted by atomic mass is 10.2. The molecule has 0 saturated carbocycles. The molecule has 5 heteroatoms. The fourth-order valence-corrected chi connectivity index (χ4v) is 2.05. The Morgan fingerprint density at radius 2 is 2.00 bits per heavy atom. The van der Waals surface area contributed by atoms with Crippen molar-refractivity contribution in [3.05, 3.63) is 52.9 Å². The van der Waals surface area contributed by atoms with Gasteiger partial charge in [-0.3, -0.25) is 0 Å². The lowest BCUT2D eigenvalue weighted by Crippen LogP contribution is -2.27. The van der Waals surface area contributed by atoms with Crippen molar-refractivity contribution in [1.82, 2.24) is 9.97 Å². The zero-order valence-electron chi connectivity index (χ0n) is 10.8. The van der Waals surface area contributed by atoms with E-state index >= 15 is 0 Å². The summed E-state index contributed by atoms with van der Waals surface area (Å²) in [7, 11) is 0. The van der Waals surface area contributed by atoms with Crippen LogP contribution in [0.5, 0.6) is 0 Å². The van der Waals surface area contributed by atoms with Gasteiger partial charge in [-0.1, -0.05) is 30.3 Å².